The molecule has 0 saturated heterocycles. The molecule has 0 aromatic heterocycles. The Morgan fingerprint density at radius 2 is 1.81 bits per heavy atom. The van der Waals surface area contributed by atoms with Crippen LogP contribution in [-0.2, 0) is 16.1 Å². The van der Waals surface area contributed by atoms with Gasteiger partial charge in [0.1, 0.15) is 6.61 Å². The van der Waals surface area contributed by atoms with E-state index in [4.69, 9.17) is 14.2 Å². The highest BCUT2D eigenvalue weighted by Gasteiger charge is 2.25. The lowest BCUT2D eigenvalue weighted by Gasteiger charge is -2.12. The summed E-state index contributed by atoms with van der Waals surface area (Å²) in [6, 6.07) is 21.3. The van der Waals surface area contributed by atoms with Gasteiger partial charge in [-0.3, -0.25) is 0 Å². The minimum absolute atomic E-state index is 0.244. The predicted molar refractivity (Wildman–Crippen MR) is 120 cm³/mol. The zero-order valence-corrected chi connectivity index (χ0v) is 17.7. The van der Waals surface area contributed by atoms with Gasteiger partial charge in [0.15, 0.2) is 17.2 Å². The van der Waals surface area contributed by atoms with E-state index in [2.05, 4.69) is 11.1 Å². The van der Waals surface area contributed by atoms with E-state index in [-0.39, 0.29) is 5.70 Å². The van der Waals surface area contributed by atoms with Gasteiger partial charge < -0.3 is 14.2 Å². The number of hydrogen-bond acceptors (Lipinski definition) is 5. The van der Waals surface area contributed by atoms with Gasteiger partial charge in [-0.25, -0.2) is 9.79 Å². The SMILES string of the molecule is COc1ccc(/C=C2\N=C(c3ccccc3C)OC2=O)cc1OCc1cccc(C)c1. The van der Waals surface area contributed by atoms with Crippen LogP contribution in [0.1, 0.15) is 27.8 Å². The molecule has 3 aromatic carbocycles. The van der Waals surface area contributed by atoms with E-state index in [1.54, 1.807) is 13.2 Å². The van der Waals surface area contributed by atoms with Gasteiger partial charge in [0.2, 0.25) is 5.90 Å². The molecule has 0 fully saturated rings. The van der Waals surface area contributed by atoms with Gasteiger partial charge in [-0.05, 0) is 54.8 Å². The summed E-state index contributed by atoms with van der Waals surface area (Å²) in [5.41, 5.74) is 5.05. The third kappa shape index (κ3) is 4.67. The molecular formula is C26H23NO4. The van der Waals surface area contributed by atoms with Gasteiger partial charge in [-0.15, -0.1) is 0 Å². The standard InChI is InChI=1S/C26H23NO4/c1-17-7-6-9-20(13-17)16-30-24-15-19(11-12-23(24)29-3)14-22-26(28)31-25(27-22)21-10-5-4-8-18(21)2/h4-15H,16H2,1-3H3/b22-14-. The average Bonchev–Trinajstić information content (AvgIpc) is 3.12. The van der Waals surface area contributed by atoms with E-state index in [0.29, 0.717) is 24.0 Å². The normalized spacial score (nSPS) is 14.4. The molecule has 31 heavy (non-hydrogen) atoms. The lowest BCUT2D eigenvalue weighted by molar-refractivity contribution is -0.129. The minimum Gasteiger partial charge on any atom is -0.493 e. The summed E-state index contributed by atoms with van der Waals surface area (Å²) >= 11 is 0. The molecule has 4 rings (SSSR count). The zero-order chi connectivity index (χ0) is 21.8. The highest BCUT2D eigenvalue weighted by molar-refractivity contribution is 6.13. The molecule has 0 saturated carbocycles. The van der Waals surface area contributed by atoms with Crippen LogP contribution in [0.25, 0.3) is 6.08 Å². The van der Waals surface area contributed by atoms with Gasteiger partial charge >= 0.3 is 5.97 Å². The van der Waals surface area contributed by atoms with Gasteiger partial charge in [0.05, 0.1) is 7.11 Å². The summed E-state index contributed by atoms with van der Waals surface area (Å²) < 4.78 is 16.8. The minimum atomic E-state index is -0.476. The Morgan fingerprint density at radius 3 is 2.58 bits per heavy atom. The first-order valence-electron chi connectivity index (χ1n) is 9.98. The molecule has 0 N–H and O–H groups in total. The number of hydrogen-bond donors (Lipinski definition) is 0. The third-order valence-corrected chi connectivity index (χ3v) is 4.96. The lowest BCUT2D eigenvalue weighted by atomic mass is 10.1. The van der Waals surface area contributed by atoms with Crippen LogP contribution >= 0.6 is 0 Å². The number of carbonyl (C=O) groups excluding carboxylic acids is 1. The van der Waals surface area contributed by atoms with Crippen LogP contribution in [0, 0.1) is 13.8 Å². The molecule has 1 heterocycles. The second-order valence-electron chi connectivity index (χ2n) is 7.34. The molecule has 5 nitrogen and oxygen atoms in total. The fraction of sp³-hybridized carbons (Fsp3) is 0.154. The molecule has 0 radical (unpaired) electrons. The van der Waals surface area contributed by atoms with E-state index in [9.17, 15) is 4.79 Å². The highest BCUT2D eigenvalue weighted by Crippen LogP contribution is 2.30. The molecule has 0 bridgehead atoms. The highest BCUT2D eigenvalue weighted by atomic mass is 16.6. The van der Waals surface area contributed by atoms with Crippen LogP contribution in [-0.4, -0.2) is 19.0 Å². The number of methoxy groups -OCH3 is 1. The number of nitrogens with zero attached hydrogens (tertiary/aromatic N) is 1. The monoisotopic (exact) mass is 413 g/mol. The van der Waals surface area contributed by atoms with E-state index in [1.165, 1.54) is 5.56 Å². The molecule has 0 amide bonds. The van der Waals surface area contributed by atoms with Crippen molar-refractivity contribution in [2.75, 3.05) is 7.11 Å². The molecule has 1 aliphatic heterocycles. The Labute approximate surface area is 181 Å². The number of aliphatic imine (C=N–C) groups is 1. The van der Waals surface area contributed by atoms with Crippen molar-refractivity contribution in [1.29, 1.82) is 0 Å². The summed E-state index contributed by atoms with van der Waals surface area (Å²) in [6.07, 6.45) is 1.69. The summed E-state index contributed by atoms with van der Waals surface area (Å²) in [6.45, 7) is 4.41. The molecule has 156 valence electrons. The first-order valence-corrected chi connectivity index (χ1v) is 9.98. The Kier molecular flexibility index (Phi) is 5.85. The van der Waals surface area contributed by atoms with Crippen LogP contribution in [0.2, 0.25) is 0 Å². The predicted octanol–water partition coefficient (Wildman–Crippen LogP) is 5.24. The maximum Gasteiger partial charge on any atom is 0.363 e. The summed E-state index contributed by atoms with van der Waals surface area (Å²) in [7, 11) is 1.60. The molecule has 5 heteroatoms. The molecule has 0 aliphatic carbocycles. The van der Waals surface area contributed by atoms with Gasteiger partial charge in [0.25, 0.3) is 0 Å². The first-order chi connectivity index (χ1) is 15.0. The Bertz CT molecular complexity index is 1190. The van der Waals surface area contributed by atoms with Crippen molar-refractivity contribution in [3.8, 4) is 11.5 Å². The Balaban J connectivity index is 1.59. The molecule has 0 spiro atoms. The number of carbonyl (C=O) groups is 1. The van der Waals surface area contributed by atoms with Crippen molar-refractivity contribution >= 4 is 17.9 Å². The number of cyclic esters (lactones) is 1. The zero-order valence-electron chi connectivity index (χ0n) is 17.7. The van der Waals surface area contributed by atoms with Crippen LogP contribution in [0.4, 0.5) is 0 Å². The van der Waals surface area contributed by atoms with E-state index >= 15 is 0 Å². The fourth-order valence-corrected chi connectivity index (χ4v) is 3.35. The van der Waals surface area contributed by atoms with Crippen LogP contribution in [0.3, 0.4) is 0 Å². The smallest absolute Gasteiger partial charge is 0.363 e. The maximum absolute atomic E-state index is 12.4. The largest absolute Gasteiger partial charge is 0.493 e. The van der Waals surface area contributed by atoms with Crippen molar-refractivity contribution in [3.63, 3.8) is 0 Å². The molecule has 1 aliphatic rings. The van der Waals surface area contributed by atoms with Gasteiger partial charge in [-0.2, -0.15) is 0 Å². The van der Waals surface area contributed by atoms with E-state index in [1.807, 2.05) is 74.5 Å². The topological polar surface area (TPSA) is 57.1 Å². The van der Waals surface area contributed by atoms with E-state index in [0.717, 1.165) is 22.3 Å². The number of aryl methyl sites for hydroxylation is 2. The lowest BCUT2D eigenvalue weighted by Crippen LogP contribution is -2.06. The van der Waals surface area contributed by atoms with Gasteiger partial charge in [-0.1, -0.05) is 54.1 Å². The average molecular weight is 413 g/mol. The van der Waals surface area contributed by atoms with Crippen LogP contribution < -0.4 is 9.47 Å². The molecule has 3 aromatic rings. The molecule has 0 atom stereocenters. The quantitative estimate of drug-likeness (QED) is 0.410. The maximum atomic E-state index is 12.4. The van der Waals surface area contributed by atoms with E-state index < -0.39 is 5.97 Å². The van der Waals surface area contributed by atoms with Crippen molar-refractivity contribution in [2.45, 2.75) is 20.5 Å². The number of rotatable bonds is 6. The van der Waals surface area contributed by atoms with Crippen LogP contribution in [0.15, 0.2) is 77.4 Å². The second kappa shape index (κ2) is 8.88. The van der Waals surface area contributed by atoms with Crippen molar-refractivity contribution in [1.82, 2.24) is 0 Å². The first kappa shape index (κ1) is 20.4. The Hall–Kier alpha value is -3.86. The molecule has 0 unspecified atom stereocenters. The Morgan fingerprint density at radius 1 is 0.968 bits per heavy atom. The second-order valence-corrected chi connectivity index (χ2v) is 7.34. The number of esters is 1. The summed E-state index contributed by atoms with van der Waals surface area (Å²) in [5, 5.41) is 0. The third-order valence-electron chi connectivity index (χ3n) is 4.96. The van der Waals surface area contributed by atoms with Crippen LogP contribution in [0.5, 0.6) is 11.5 Å². The summed E-state index contributed by atoms with van der Waals surface area (Å²) in [4.78, 5) is 16.8. The van der Waals surface area contributed by atoms with Crippen molar-refractivity contribution in [2.24, 2.45) is 4.99 Å². The van der Waals surface area contributed by atoms with Gasteiger partial charge in [0, 0.05) is 5.56 Å². The van der Waals surface area contributed by atoms with Crippen molar-refractivity contribution in [3.05, 3.63) is 100 Å². The summed E-state index contributed by atoms with van der Waals surface area (Å²) in [5.74, 6) is 1.05. The molecular weight excluding hydrogens is 390 g/mol. The number of benzene rings is 3. The fourth-order valence-electron chi connectivity index (χ4n) is 3.35. The number of ether oxygens (including phenoxy) is 3. The van der Waals surface area contributed by atoms with Crippen molar-refractivity contribution < 1.29 is 19.0 Å².